The van der Waals surface area contributed by atoms with Crippen LogP contribution in [0.2, 0.25) is 0 Å². The van der Waals surface area contributed by atoms with Crippen LogP contribution in [0, 0.1) is 5.82 Å². The van der Waals surface area contributed by atoms with Gasteiger partial charge in [-0.1, -0.05) is 40.2 Å². The van der Waals surface area contributed by atoms with Crippen molar-refractivity contribution in [3.63, 3.8) is 0 Å². The summed E-state index contributed by atoms with van der Waals surface area (Å²) in [6, 6.07) is 8.10. The van der Waals surface area contributed by atoms with Gasteiger partial charge in [-0.15, -0.1) is 11.3 Å². The minimum absolute atomic E-state index is 0.0801. The molecule has 5 nitrogen and oxygen atoms in total. The van der Waals surface area contributed by atoms with Gasteiger partial charge in [0.2, 0.25) is 0 Å². The highest BCUT2D eigenvalue weighted by molar-refractivity contribution is 7.16. The van der Waals surface area contributed by atoms with Gasteiger partial charge in [0.05, 0.1) is 16.6 Å². The van der Waals surface area contributed by atoms with Gasteiger partial charge in [0.25, 0.3) is 0 Å². The van der Waals surface area contributed by atoms with Gasteiger partial charge in [-0.2, -0.15) is 5.10 Å². The average molecular weight is 453 g/mol. The number of rotatable bonds is 2. The maximum Gasteiger partial charge on any atom is 0.137 e. The Bertz CT molecular complexity index is 1230. The van der Waals surface area contributed by atoms with Crippen LogP contribution in [0.4, 0.5) is 9.39 Å². The van der Waals surface area contributed by atoms with E-state index in [1.165, 1.54) is 30.2 Å². The third-order valence-corrected chi connectivity index (χ3v) is 6.58. The number of phenols is 1. The zero-order chi connectivity index (χ0) is 22.8. The van der Waals surface area contributed by atoms with E-state index >= 15 is 0 Å². The number of benzene rings is 1. The first-order chi connectivity index (χ1) is 15.6. The lowest BCUT2D eigenvalue weighted by atomic mass is 9.99. The van der Waals surface area contributed by atoms with Gasteiger partial charge in [0.15, 0.2) is 0 Å². The summed E-state index contributed by atoms with van der Waals surface area (Å²) in [7, 11) is 0. The summed E-state index contributed by atoms with van der Waals surface area (Å²) in [5.74, 6) is 0.118. The topological polar surface area (TPSA) is 62.5 Å². The highest BCUT2D eigenvalue weighted by atomic mass is 32.1. The van der Waals surface area contributed by atoms with Crippen LogP contribution in [0.15, 0.2) is 42.9 Å². The average Bonchev–Trinajstić information content (AvgIpc) is 3.44. The van der Waals surface area contributed by atoms with Crippen molar-refractivity contribution in [1.82, 2.24) is 14.6 Å². The number of aromatic nitrogens is 3. The summed E-state index contributed by atoms with van der Waals surface area (Å²) in [5.41, 5.74) is 4.23. The number of nitrogens with one attached hydrogen (secondary N) is 1. The molecule has 4 aromatic rings. The first kappa shape index (κ1) is 22.3. The Morgan fingerprint density at radius 3 is 2.59 bits per heavy atom. The molecule has 0 amide bonds. The first-order valence-corrected chi connectivity index (χ1v) is 12.1. The van der Waals surface area contributed by atoms with Gasteiger partial charge in [-0.05, 0) is 37.0 Å². The van der Waals surface area contributed by atoms with Crippen LogP contribution in [-0.4, -0.2) is 19.7 Å². The fraction of sp³-hybridized carbons (Fsp3) is 0.360. The number of anilines is 1. The lowest BCUT2D eigenvalue weighted by molar-refractivity contribution is 0.467. The standard InChI is InChI=1S/C20H15FN4OS.C3H8.C2H6/c21-15-7-11(26)3-4-12(15)17-13-5-6-25-19(13)18(22-9-23-25)14-8-16(10-1-2-10)27-20(14)24-17;1-3-2;1-2/h3-10,17,24,26H,1-2H2;3H2,1-2H3;1-2H3. The van der Waals surface area contributed by atoms with Gasteiger partial charge in [0.1, 0.15) is 23.6 Å². The fourth-order valence-electron chi connectivity index (χ4n) is 3.88. The normalized spacial score (nSPS) is 16.1. The van der Waals surface area contributed by atoms with E-state index < -0.39 is 5.82 Å². The first-order valence-electron chi connectivity index (χ1n) is 11.3. The second-order valence-corrected chi connectivity index (χ2v) is 8.91. The Morgan fingerprint density at radius 2 is 1.91 bits per heavy atom. The van der Waals surface area contributed by atoms with E-state index in [2.05, 4.69) is 35.3 Å². The molecule has 1 atom stereocenters. The lowest BCUT2D eigenvalue weighted by Gasteiger charge is -2.19. The van der Waals surface area contributed by atoms with Crippen LogP contribution in [0.25, 0.3) is 16.8 Å². The van der Waals surface area contributed by atoms with Crippen LogP contribution < -0.4 is 5.32 Å². The van der Waals surface area contributed by atoms with Crippen LogP contribution in [0.3, 0.4) is 0 Å². The molecule has 32 heavy (non-hydrogen) atoms. The van der Waals surface area contributed by atoms with Gasteiger partial charge >= 0.3 is 0 Å². The predicted molar refractivity (Wildman–Crippen MR) is 129 cm³/mol. The number of phenolic OH excluding ortho intramolecular Hbond substituents is 1. The van der Waals surface area contributed by atoms with Gasteiger partial charge in [-0.3, -0.25) is 0 Å². The molecule has 2 aliphatic rings. The van der Waals surface area contributed by atoms with Crippen molar-refractivity contribution in [3.8, 4) is 17.0 Å². The highest BCUT2D eigenvalue weighted by Gasteiger charge is 2.32. The van der Waals surface area contributed by atoms with Crippen LogP contribution in [-0.2, 0) is 0 Å². The Balaban J connectivity index is 0.000000455. The molecule has 0 saturated heterocycles. The second kappa shape index (κ2) is 9.28. The molecule has 1 aliphatic carbocycles. The van der Waals surface area contributed by atoms with Gasteiger partial charge < -0.3 is 10.4 Å². The quantitative estimate of drug-likeness (QED) is 0.339. The van der Waals surface area contributed by atoms with E-state index in [0.29, 0.717) is 11.5 Å². The van der Waals surface area contributed by atoms with Crippen molar-refractivity contribution in [2.45, 2.75) is 58.9 Å². The molecule has 1 saturated carbocycles. The molecule has 4 heterocycles. The number of aromatic hydroxyl groups is 1. The van der Waals surface area contributed by atoms with Crippen LogP contribution in [0.5, 0.6) is 5.75 Å². The molecule has 1 aromatic carbocycles. The van der Waals surface area contributed by atoms with Crippen molar-refractivity contribution in [2.75, 3.05) is 5.32 Å². The molecule has 3 aromatic heterocycles. The van der Waals surface area contributed by atoms with E-state index in [0.717, 1.165) is 33.4 Å². The van der Waals surface area contributed by atoms with E-state index in [1.54, 1.807) is 28.2 Å². The molecule has 2 N–H and O–H groups in total. The molecule has 0 bridgehead atoms. The summed E-state index contributed by atoms with van der Waals surface area (Å²) in [5, 5.41) is 18.5. The molecule has 0 spiro atoms. The number of hydrogen-bond donors (Lipinski definition) is 2. The minimum atomic E-state index is -0.437. The van der Waals surface area contributed by atoms with Crippen LogP contribution in [0.1, 0.15) is 74.9 Å². The largest absolute Gasteiger partial charge is 0.508 e. The van der Waals surface area contributed by atoms with Crippen molar-refractivity contribution in [2.24, 2.45) is 0 Å². The Labute approximate surface area is 192 Å². The predicted octanol–water partition coefficient (Wildman–Crippen LogP) is 7.14. The van der Waals surface area contributed by atoms with E-state index in [-0.39, 0.29) is 11.8 Å². The van der Waals surface area contributed by atoms with Gasteiger partial charge in [-0.25, -0.2) is 13.9 Å². The zero-order valence-electron chi connectivity index (χ0n) is 18.9. The lowest BCUT2D eigenvalue weighted by Crippen LogP contribution is -2.12. The van der Waals surface area contributed by atoms with Crippen molar-refractivity contribution >= 4 is 21.9 Å². The number of halogens is 1. The van der Waals surface area contributed by atoms with Crippen LogP contribution >= 0.6 is 11.3 Å². The summed E-state index contributed by atoms with van der Waals surface area (Å²) in [4.78, 5) is 5.92. The van der Waals surface area contributed by atoms with Crippen molar-refractivity contribution in [1.29, 1.82) is 0 Å². The smallest absolute Gasteiger partial charge is 0.137 e. The maximum absolute atomic E-state index is 14.7. The van der Waals surface area contributed by atoms with Crippen molar-refractivity contribution < 1.29 is 9.50 Å². The number of fused-ring (bicyclic) bond motifs is 2. The number of nitrogens with zero attached hydrogens (tertiary/aromatic N) is 3. The number of thiophene rings is 1. The Morgan fingerprint density at radius 1 is 1.16 bits per heavy atom. The summed E-state index contributed by atoms with van der Waals surface area (Å²) >= 11 is 1.73. The van der Waals surface area contributed by atoms with E-state index in [4.69, 9.17) is 0 Å². The highest BCUT2D eigenvalue weighted by Crippen LogP contribution is 2.51. The molecule has 1 unspecified atom stereocenters. The summed E-state index contributed by atoms with van der Waals surface area (Å²) in [6.45, 7) is 8.25. The van der Waals surface area contributed by atoms with E-state index in [1.807, 2.05) is 26.1 Å². The monoisotopic (exact) mass is 452 g/mol. The van der Waals surface area contributed by atoms with E-state index in [9.17, 15) is 9.50 Å². The van der Waals surface area contributed by atoms with Crippen molar-refractivity contribution in [3.05, 3.63) is 64.7 Å². The van der Waals surface area contributed by atoms with Gasteiger partial charge in [0, 0.05) is 33.8 Å². The SMILES string of the molecule is CC.CCC.Oc1ccc(C2Nc3sc(C4CC4)cc3-c3ncnn4ccc2c34)c(F)c1. The maximum atomic E-state index is 14.7. The second-order valence-electron chi connectivity index (χ2n) is 7.83. The summed E-state index contributed by atoms with van der Waals surface area (Å²) < 4.78 is 16.5. The molecule has 6 rings (SSSR count). The number of hydrogen-bond acceptors (Lipinski definition) is 5. The third kappa shape index (κ3) is 3.97. The molecule has 0 radical (unpaired) electrons. The Kier molecular flexibility index (Phi) is 6.46. The molecule has 1 aliphatic heterocycles. The Hall–Kier alpha value is -2.93. The zero-order valence-corrected chi connectivity index (χ0v) is 19.7. The third-order valence-electron chi connectivity index (χ3n) is 5.35. The summed E-state index contributed by atoms with van der Waals surface area (Å²) in [6.07, 6.45) is 7.14. The molecule has 1 fully saturated rings. The molecule has 168 valence electrons. The minimum Gasteiger partial charge on any atom is -0.508 e. The molecule has 7 heteroatoms. The molecular weight excluding hydrogens is 423 g/mol. The fourth-order valence-corrected chi connectivity index (χ4v) is 5.13. The molecular formula is C25H29FN4OS.